The van der Waals surface area contributed by atoms with E-state index in [0.717, 1.165) is 42.8 Å². The molecule has 1 atom stereocenters. The van der Waals surface area contributed by atoms with E-state index in [-0.39, 0.29) is 17.6 Å². The largest absolute Gasteiger partial charge is 0.366 e. The molecule has 1 amide bonds. The van der Waals surface area contributed by atoms with Crippen LogP contribution in [0.25, 0.3) is 0 Å². The maximum Gasteiger partial charge on any atom is 0.224 e. The Morgan fingerprint density at radius 3 is 2.54 bits per heavy atom. The van der Waals surface area contributed by atoms with E-state index in [4.69, 9.17) is 12.2 Å². The van der Waals surface area contributed by atoms with Crippen molar-refractivity contribution in [1.29, 1.82) is 0 Å². The van der Waals surface area contributed by atoms with Crippen LogP contribution in [0.5, 0.6) is 0 Å². The zero-order chi connectivity index (χ0) is 20.1. The number of amides is 1. The molecule has 0 bridgehead atoms. The molecule has 1 aromatic carbocycles. The van der Waals surface area contributed by atoms with Gasteiger partial charge in [-0.15, -0.1) is 0 Å². The minimum atomic E-state index is -0.411. The summed E-state index contributed by atoms with van der Waals surface area (Å²) in [5.74, 6) is -0.392. The topological polar surface area (TPSA) is 57.3 Å². The smallest absolute Gasteiger partial charge is 0.224 e. The minimum absolute atomic E-state index is 0.00518. The highest BCUT2D eigenvalue weighted by molar-refractivity contribution is 7.80. The Morgan fingerprint density at radius 2 is 1.93 bits per heavy atom. The Morgan fingerprint density at radius 1 is 1.25 bits per heavy atom. The number of nitrogens with zero attached hydrogens (tertiary/aromatic N) is 2. The van der Waals surface area contributed by atoms with Crippen molar-refractivity contribution in [2.75, 3.05) is 20.1 Å². The lowest BCUT2D eigenvalue weighted by Gasteiger charge is -2.33. The molecule has 2 aromatic rings. The highest BCUT2D eigenvalue weighted by atomic mass is 32.1. The van der Waals surface area contributed by atoms with Crippen LogP contribution >= 0.6 is 12.2 Å². The van der Waals surface area contributed by atoms with Crippen molar-refractivity contribution >= 4 is 23.2 Å². The van der Waals surface area contributed by atoms with Crippen LogP contribution in [0, 0.1) is 18.7 Å². The van der Waals surface area contributed by atoms with Gasteiger partial charge >= 0.3 is 0 Å². The molecule has 1 fully saturated rings. The zero-order valence-electron chi connectivity index (χ0n) is 16.1. The quantitative estimate of drug-likeness (QED) is 0.773. The lowest BCUT2D eigenvalue weighted by atomic mass is 9.94. The predicted octanol–water partition coefficient (Wildman–Crippen LogP) is 2.95. The Hall–Kier alpha value is -2.54. The predicted molar refractivity (Wildman–Crippen MR) is 111 cm³/mol. The summed E-state index contributed by atoms with van der Waals surface area (Å²) < 4.78 is 13.4. The van der Waals surface area contributed by atoms with Crippen LogP contribution in [-0.2, 0) is 4.79 Å². The first-order chi connectivity index (χ1) is 13.5. The Bertz CT molecular complexity index is 835. The van der Waals surface area contributed by atoms with Crippen LogP contribution in [0.15, 0.2) is 42.6 Å². The third-order valence-electron chi connectivity index (χ3n) is 5.18. The van der Waals surface area contributed by atoms with Gasteiger partial charge in [0.05, 0.1) is 11.7 Å². The molecule has 1 aliphatic heterocycles. The van der Waals surface area contributed by atoms with Crippen LogP contribution in [0.1, 0.15) is 35.7 Å². The summed E-state index contributed by atoms with van der Waals surface area (Å²) in [7, 11) is 1.81. The standard InChI is InChI=1S/C21H25FN4OS/c1-14-4-3-11-24-18(14)19(15-5-7-17(22)8-6-15)25-20(27)16-9-12-26(13-10-16)21(28)23-2/h3-8,11,16,19H,9-10,12-13H2,1-2H3,(H,23,28)(H,25,27). The highest BCUT2D eigenvalue weighted by Crippen LogP contribution is 2.25. The van der Waals surface area contributed by atoms with E-state index < -0.39 is 6.04 Å². The summed E-state index contributed by atoms with van der Waals surface area (Å²) in [5.41, 5.74) is 2.56. The second-order valence-corrected chi connectivity index (χ2v) is 7.40. The summed E-state index contributed by atoms with van der Waals surface area (Å²) in [6, 6.07) is 9.62. The van der Waals surface area contributed by atoms with E-state index in [9.17, 15) is 9.18 Å². The molecule has 28 heavy (non-hydrogen) atoms. The number of halogens is 1. The summed E-state index contributed by atoms with van der Waals surface area (Å²) in [4.78, 5) is 19.6. The molecule has 1 aliphatic rings. The van der Waals surface area contributed by atoms with Gasteiger partial charge in [-0.3, -0.25) is 9.78 Å². The molecule has 2 heterocycles. The van der Waals surface area contributed by atoms with E-state index in [1.165, 1.54) is 12.1 Å². The number of aryl methyl sites for hydroxylation is 1. The van der Waals surface area contributed by atoms with Crippen molar-refractivity contribution in [3.8, 4) is 0 Å². The number of carbonyl (C=O) groups excluding carboxylic acids is 1. The van der Waals surface area contributed by atoms with E-state index in [2.05, 4.69) is 20.5 Å². The molecule has 0 spiro atoms. The maximum absolute atomic E-state index is 13.4. The fraction of sp³-hybridized carbons (Fsp3) is 0.381. The van der Waals surface area contributed by atoms with Gasteiger partial charge in [-0.2, -0.15) is 0 Å². The highest BCUT2D eigenvalue weighted by Gasteiger charge is 2.29. The van der Waals surface area contributed by atoms with Gasteiger partial charge in [-0.25, -0.2) is 4.39 Å². The number of piperidine rings is 1. The van der Waals surface area contributed by atoms with Crippen LogP contribution in [0.2, 0.25) is 0 Å². The average Bonchev–Trinajstić information content (AvgIpc) is 2.73. The van der Waals surface area contributed by atoms with Crippen molar-refractivity contribution in [2.24, 2.45) is 5.92 Å². The molecule has 1 saturated heterocycles. The third kappa shape index (κ3) is 4.65. The molecule has 0 saturated carbocycles. The number of rotatable bonds is 4. The summed E-state index contributed by atoms with van der Waals surface area (Å²) in [6.45, 7) is 3.46. The number of nitrogens with one attached hydrogen (secondary N) is 2. The number of carbonyl (C=O) groups is 1. The summed E-state index contributed by atoms with van der Waals surface area (Å²) in [5, 5.41) is 6.84. The van der Waals surface area contributed by atoms with E-state index in [1.54, 1.807) is 18.3 Å². The van der Waals surface area contributed by atoms with Crippen molar-refractivity contribution in [1.82, 2.24) is 20.5 Å². The summed E-state index contributed by atoms with van der Waals surface area (Å²) >= 11 is 5.28. The fourth-order valence-electron chi connectivity index (χ4n) is 3.53. The number of hydrogen-bond donors (Lipinski definition) is 2. The molecule has 7 heteroatoms. The molecule has 1 unspecified atom stereocenters. The van der Waals surface area contributed by atoms with Gasteiger partial charge in [0, 0.05) is 32.3 Å². The van der Waals surface area contributed by atoms with Crippen LogP contribution < -0.4 is 10.6 Å². The zero-order valence-corrected chi connectivity index (χ0v) is 16.9. The molecule has 5 nitrogen and oxygen atoms in total. The Labute approximate surface area is 170 Å². The van der Waals surface area contributed by atoms with Crippen LogP contribution in [0.3, 0.4) is 0 Å². The minimum Gasteiger partial charge on any atom is -0.366 e. The molecular formula is C21H25FN4OS. The Kier molecular flexibility index (Phi) is 6.57. The van der Waals surface area contributed by atoms with Crippen molar-refractivity contribution in [3.63, 3.8) is 0 Å². The number of thiocarbonyl (C=S) groups is 1. The van der Waals surface area contributed by atoms with Crippen LogP contribution in [0.4, 0.5) is 4.39 Å². The van der Waals surface area contributed by atoms with E-state index >= 15 is 0 Å². The molecular weight excluding hydrogens is 375 g/mol. The second-order valence-electron chi connectivity index (χ2n) is 7.02. The molecule has 0 aliphatic carbocycles. The average molecular weight is 401 g/mol. The first kappa shape index (κ1) is 20.2. The number of benzene rings is 1. The maximum atomic E-state index is 13.4. The van der Waals surface area contributed by atoms with Gasteiger partial charge in [0.1, 0.15) is 5.82 Å². The first-order valence-electron chi connectivity index (χ1n) is 9.43. The molecule has 1 aromatic heterocycles. The van der Waals surface area contributed by atoms with E-state index in [1.807, 2.05) is 26.1 Å². The second kappa shape index (κ2) is 9.10. The third-order valence-corrected chi connectivity index (χ3v) is 5.64. The first-order valence-corrected chi connectivity index (χ1v) is 9.84. The number of aromatic nitrogens is 1. The molecule has 2 N–H and O–H groups in total. The monoisotopic (exact) mass is 400 g/mol. The number of hydrogen-bond acceptors (Lipinski definition) is 3. The molecule has 3 rings (SSSR count). The lowest BCUT2D eigenvalue weighted by molar-refractivity contribution is -0.126. The number of likely N-dealkylation sites (tertiary alicyclic amines) is 1. The van der Waals surface area contributed by atoms with Gasteiger partial charge in [0.2, 0.25) is 5.91 Å². The van der Waals surface area contributed by atoms with E-state index in [0.29, 0.717) is 5.11 Å². The van der Waals surface area contributed by atoms with Gasteiger partial charge in [0.25, 0.3) is 0 Å². The van der Waals surface area contributed by atoms with Crippen molar-refractivity contribution in [3.05, 3.63) is 65.2 Å². The normalized spacial score (nSPS) is 15.8. The van der Waals surface area contributed by atoms with Gasteiger partial charge in [-0.05, 0) is 61.3 Å². The summed E-state index contributed by atoms with van der Waals surface area (Å²) in [6.07, 6.45) is 3.19. The van der Waals surface area contributed by atoms with Gasteiger partial charge < -0.3 is 15.5 Å². The molecule has 0 radical (unpaired) electrons. The lowest BCUT2D eigenvalue weighted by Crippen LogP contribution is -2.46. The Balaban J connectivity index is 1.77. The van der Waals surface area contributed by atoms with Gasteiger partial charge in [0.15, 0.2) is 5.11 Å². The van der Waals surface area contributed by atoms with Crippen LogP contribution in [-0.4, -0.2) is 41.0 Å². The van der Waals surface area contributed by atoms with Gasteiger partial charge in [-0.1, -0.05) is 18.2 Å². The fourth-order valence-corrected chi connectivity index (χ4v) is 3.71. The number of pyridine rings is 1. The van der Waals surface area contributed by atoms with Crippen molar-refractivity contribution in [2.45, 2.75) is 25.8 Å². The molecule has 148 valence electrons. The SMILES string of the molecule is CNC(=S)N1CCC(C(=O)NC(c2ccc(F)cc2)c2ncccc2C)CC1. The van der Waals surface area contributed by atoms with Crippen molar-refractivity contribution < 1.29 is 9.18 Å².